The molecule has 0 atom stereocenters. The van der Waals surface area contributed by atoms with Crippen molar-refractivity contribution in [3.63, 3.8) is 0 Å². The average Bonchev–Trinajstić information content (AvgIpc) is 3.09. The molecule has 9 heteroatoms. The summed E-state index contributed by atoms with van der Waals surface area (Å²) in [6.45, 7) is 4.47. The summed E-state index contributed by atoms with van der Waals surface area (Å²) in [4.78, 5) is 38.1. The second-order valence-electron chi connectivity index (χ2n) is 7.72. The van der Waals surface area contributed by atoms with Gasteiger partial charge in [-0.05, 0) is 31.0 Å². The topological polar surface area (TPSA) is 95.7 Å². The number of nitrogens with zero attached hydrogens (tertiary/aromatic N) is 6. The first kappa shape index (κ1) is 20.1. The molecule has 0 radical (unpaired) electrons. The standard InChI is InChI=1S/C21H26N6O3/c28-21(17-5-7-19(22-15-17)24-9-3-1-2-4-10-24)26-13-11-25(12-14-26)20-8-6-18(16-23-20)27(29)30/h5-8,15-16H,1-4,9-14H2. The molecule has 2 aromatic heterocycles. The van der Waals surface area contributed by atoms with Crippen molar-refractivity contribution in [2.45, 2.75) is 25.7 Å². The van der Waals surface area contributed by atoms with Gasteiger partial charge in [0.25, 0.3) is 11.6 Å². The summed E-state index contributed by atoms with van der Waals surface area (Å²) >= 11 is 0. The van der Waals surface area contributed by atoms with Gasteiger partial charge in [0.1, 0.15) is 17.8 Å². The Morgan fingerprint density at radius 2 is 1.40 bits per heavy atom. The molecule has 0 aromatic carbocycles. The van der Waals surface area contributed by atoms with Crippen molar-refractivity contribution in [2.24, 2.45) is 0 Å². The largest absolute Gasteiger partial charge is 0.357 e. The lowest BCUT2D eigenvalue weighted by atomic mass is 10.2. The van der Waals surface area contributed by atoms with Gasteiger partial charge in [-0.25, -0.2) is 9.97 Å². The van der Waals surface area contributed by atoms with Gasteiger partial charge in [-0.1, -0.05) is 12.8 Å². The zero-order valence-electron chi connectivity index (χ0n) is 16.9. The SMILES string of the molecule is O=C(c1ccc(N2CCCCCC2)nc1)N1CCN(c2ccc([N+](=O)[O-])cn2)CC1. The number of carbonyl (C=O) groups is 1. The van der Waals surface area contributed by atoms with E-state index in [0.717, 1.165) is 18.9 Å². The van der Waals surface area contributed by atoms with Crippen molar-refractivity contribution >= 4 is 23.2 Å². The molecule has 0 unspecified atom stereocenters. The Kier molecular flexibility index (Phi) is 6.06. The highest BCUT2D eigenvalue weighted by Crippen LogP contribution is 2.20. The van der Waals surface area contributed by atoms with Crippen molar-refractivity contribution in [2.75, 3.05) is 49.1 Å². The molecule has 2 aliphatic heterocycles. The molecule has 2 saturated heterocycles. The van der Waals surface area contributed by atoms with Gasteiger partial charge in [0, 0.05) is 51.5 Å². The molecule has 2 aromatic rings. The molecule has 0 saturated carbocycles. The fraction of sp³-hybridized carbons (Fsp3) is 0.476. The van der Waals surface area contributed by atoms with Crippen LogP contribution in [0.2, 0.25) is 0 Å². The normalized spacial score (nSPS) is 17.5. The maximum atomic E-state index is 12.9. The molecule has 0 bridgehead atoms. The Labute approximate surface area is 175 Å². The first-order chi connectivity index (χ1) is 14.6. The molecule has 9 nitrogen and oxygen atoms in total. The molecule has 4 heterocycles. The third-order valence-electron chi connectivity index (χ3n) is 5.76. The minimum atomic E-state index is -0.459. The number of hydrogen-bond donors (Lipinski definition) is 0. The molecule has 0 spiro atoms. The number of aromatic nitrogens is 2. The number of nitro groups is 1. The zero-order chi connectivity index (χ0) is 20.9. The highest BCUT2D eigenvalue weighted by atomic mass is 16.6. The predicted molar refractivity (Wildman–Crippen MR) is 114 cm³/mol. The fourth-order valence-electron chi connectivity index (χ4n) is 3.99. The van der Waals surface area contributed by atoms with Crippen LogP contribution in [0.1, 0.15) is 36.0 Å². The molecule has 1 amide bonds. The lowest BCUT2D eigenvalue weighted by Gasteiger charge is -2.35. The lowest BCUT2D eigenvalue weighted by molar-refractivity contribution is -0.385. The van der Waals surface area contributed by atoms with E-state index < -0.39 is 4.92 Å². The van der Waals surface area contributed by atoms with Gasteiger partial charge in [0.2, 0.25) is 0 Å². The van der Waals surface area contributed by atoms with Crippen molar-refractivity contribution in [1.82, 2.24) is 14.9 Å². The third-order valence-corrected chi connectivity index (χ3v) is 5.76. The maximum Gasteiger partial charge on any atom is 0.287 e. The zero-order valence-corrected chi connectivity index (χ0v) is 16.9. The minimum Gasteiger partial charge on any atom is -0.357 e. The molecule has 30 heavy (non-hydrogen) atoms. The molecule has 0 aliphatic carbocycles. The van der Waals surface area contributed by atoms with Gasteiger partial charge in [-0.15, -0.1) is 0 Å². The van der Waals surface area contributed by atoms with Crippen LogP contribution < -0.4 is 9.80 Å². The Morgan fingerprint density at radius 3 is 1.93 bits per heavy atom. The fourth-order valence-corrected chi connectivity index (χ4v) is 3.99. The summed E-state index contributed by atoms with van der Waals surface area (Å²) in [5.74, 6) is 1.62. The molecule has 0 N–H and O–H groups in total. The predicted octanol–water partition coefficient (Wildman–Crippen LogP) is 2.73. The number of rotatable bonds is 4. The molecule has 158 valence electrons. The second kappa shape index (κ2) is 9.06. The van der Waals surface area contributed by atoms with Gasteiger partial charge < -0.3 is 14.7 Å². The first-order valence-corrected chi connectivity index (χ1v) is 10.5. The van der Waals surface area contributed by atoms with Gasteiger partial charge in [-0.3, -0.25) is 14.9 Å². The van der Waals surface area contributed by atoms with Crippen molar-refractivity contribution in [3.8, 4) is 0 Å². The van der Waals surface area contributed by atoms with Gasteiger partial charge in [-0.2, -0.15) is 0 Å². The van der Waals surface area contributed by atoms with Gasteiger partial charge in [0.15, 0.2) is 0 Å². The van der Waals surface area contributed by atoms with E-state index in [4.69, 9.17) is 0 Å². The average molecular weight is 410 g/mol. The summed E-state index contributed by atoms with van der Waals surface area (Å²) < 4.78 is 0. The number of amides is 1. The van der Waals surface area contributed by atoms with E-state index in [9.17, 15) is 14.9 Å². The summed E-state index contributed by atoms with van der Waals surface area (Å²) in [6.07, 6.45) is 7.88. The Balaban J connectivity index is 1.34. The summed E-state index contributed by atoms with van der Waals surface area (Å²) in [5, 5.41) is 10.8. The maximum absolute atomic E-state index is 12.9. The Bertz CT molecular complexity index is 871. The van der Waals surface area contributed by atoms with E-state index in [1.807, 2.05) is 21.9 Å². The van der Waals surface area contributed by atoms with Crippen LogP contribution in [0.3, 0.4) is 0 Å². The number of hydrogen-bond acceptors (Lipinski definition) is 7. The molecule has 2 fully saturated rings. The highest BCUT2D eigenvalue weighted by molar-refractivity contribution is 5.94. The van der Waals surface area contributed by atoms with Crippen molar-refractivity contribution < 1.29 is 9.72 Å². The summed E-state index contributed by atoms with van der Waals surface area (Å²) in [5.41, 5.74) is 0.583. The molecular formula is C21H26N6O3. The lowest BCUT2D eigenvalue weighted by Crippen LogP contribution is -2.49. The molecule has 4 rings (SSSR count). The number of carbonyl (C=O) groups excluding carboxylic acids is 1. The monoisotopic (exact) mass is 410 g/mol. The van der Waals surface area contributed by atoms with E-state index in [0.29, 0.717) is 37.6 Å². The minimum absolute atomic E-state index is 0.0128. The van der Waals surface area contributed by atoms with E-state index in [1.54, 1.807) is 12.3 Å². The van der Waals surface area contributed by atoms with E-state index in [2.05, 4.69) is 14.9 Å². The van der Waals surface area contributed by atoms with Crippen LogP contribution in [-0.4, -0.2) is 65.0 Å². The van der Waals surface area contributed by atoms with Crippen LogP contribution in [0.15, 0.2) is 36.7 Å². The number of anilines is 2. The van der Waals surface area contributed by atoms with Crippen LogP contribution in [0.4, 0.5) is 17.3 Å². The highest BCUT2D eigenvalue weighted by Gasteiger charge is 2.24. The van der Waals surface area contributed by atoms with E-state index >= 15 is 0 Å². The Morgan fingerprint density at radius 1 is 0.800 bits per heavy atom. The summed E-state index contributed by atoms with van der Waals surface area (Å²) in [6, 6.07) is 6.94. The van der Waals surface area contributed by atoms with Crippen LogP contribution in [-0.2, 0) is 0 Å². The quantitative estimate of drug-likeness (QED) is 0.565. The van der Waals surface area contributed by atoms with E-state index in [-0.39, 0.29) is 11.6 Å². The number of piperazine rings is 1. The van der Waals surface area contributed by atoms with Crippen LogP contribution in [0, 0.1) is 10.1 Å². The first-order valence-electron chi connectivity index (χ1n) is 10.5. The third kappa shape index (κ3) is 4.50. The Hall–Kier alpha value is -3.23. The van der Waals surface area contributed by atoms with Crippen molar-refractivity contribution in [1.29, 1.82) is 0 Å². The van der Waals surface area contributed by atoms with Gasteiger partial charge in [0.05, 0.1) is 10.5 Å². The van der Waals surface area contributed by atoms with Crippen molar-refractivity contribution in [3.05, 3.63) is 52.3 Å². The van der Waals surface area contributed by atoms with Crippen LogP contribution in [0.25, 0.3) is 0 Å². The number of pyridine rings is 2. The molecule has 2 aliphatic rings. The summed E-state index contributed by atoms with van der Waals surface area (Å²) in [7, 11) is 0. The van der Waals surface area contributed by atoms with E-state index in [1.165, 1.54) is 37.9 Å². The smallest absolute Gasteiger partial charge is 0.287 e. The molecular weight excluding hydrogens is 384 g/mol. The van der Waals surface area contributed by atoms with Gasteiger partial charge >= 0.3 is 0 Å². The van der Waals surface area contributed by atoms with Crippen LogP contribution in [0.5, 0.6) is 0 Å². The van der Waals surface area contributed by atoms with Crippen LogP contribution >= 0.6 is 0 Å². The second-order valence-corrected chi connectivity index (χ2v) is 7.72.